The number of aromatic nitrogens is 2. The summed E-state index contributed by atoms with van der Waals surface area (Å²) < 4.78 is 42.1. The molecule has 0 unspecified atom stereocenters. The summed E-state index contributed by atoms with van der Waals surface area (Å²) in [6.45, 7) is 0.243. The van der Waals surface area contributed by atoms with E-state index >= 15 is 0 Å². The monoisotopic (exact) mass is 434 g/mol. The van der Waals surface area contributed by atoms with E-state index in [4.69, 9.17) is 0 Å². The summed E-state index contributed by atoms with van der Waals surface area (Å²) in [5.74, 6) is -1.48. The van der Waals surface area contributed by atoms with E-state index in [-0.39, 0.29) is 23.9 Å². The number of hydrogen-bond acceptors (Lipinski definition) is 4. The van der Waals surface area contributed by atoms with Crippen molar-refractivity contribution in [1.82, 2.24) is 14.5 Å². The van der Waals surface area contributed by atoms with E-state index in [0.29, 0.717) is 11.2 Å². The standard InChI is InChI=1S/C20H17F3N4O4/c21-20(22,23)31-15-5-1-13(2-6-15)25-19(30)26(14-3-4-14)11-12-7-8-27-17(9-12)16(10-24-27)18(28)29/h1-2,5-10,14H,3-4,11H2,(H,25,30)(H,28,29). The highest BCUT2D eigenvalue weighted by molar-refractivity contribution is 5.95. The topological polar surface area (TPSA) is 96.2 Å². The first-order valence-corrected chi connectivity index (χ1v) is 9.32. The van der Waals surface area contributed by atoms with Crippen LogP contribution < -0.4 is 10.1 Å². The van der Waals surface area contributed by atoms with Crippen LogP contribution in [0.1, 0.15) is 28.8 Å². The number of halogens is 3. The number of amides is 2. The Labute approximate surface area is 173 Å². The van der Waals surface area contributed by atoms with Gasteiger partial charge in [0.1, 0.15) is 11.3 Å². The molecule has 4 rings (SSSR count). The van der Waals surface area contributed by atoms with E-state index < -0.39 is 18.4 Å². The molecule has 162 valence electrons. The summed E-state index contributed by atoms with van der Waals surface area (Å²) in [6, 6.07) is 7.92. The van der Waals surface area contributed by atoms with E-state index in [1.165, 1.54) is 22.8 Å². The second-order valence-corrected chi connectivity index (χ2v) is 7.09. The lowest BCUT2D eigenvalue weighted by Crippen LogP contribution is -2.36. The summed E-state index contributed by atoms with van der Waals surface area (Å²) in [5.41, 5.74) is 1.53. The summed E-state index contributed by atoms with van der Waals surface area (Å²) >= 11 is 0. The molecule has 2 aromatic heterocycles. The number of nitrogens with zero attached hydrogens (tertiary/aromatic N) is 3. The summed E-state index contributed by atoms with van der Waals surface area (Å²) in [7, 11) is 0. The number of hydrogen-bond donors (Lipinski definition) is 2. The summed E-state index contributed by atoms with van der Waals surface area (Å²) in [6.07, 6.45) is -0.231. The molecule has 2 N–H and O–H groups in total. The highest BCUT2D eigenvalue weighted by Crippen LogP contribution is 2.30. The van der Waals surface area contributed by atoms with Gasteiger partial charge in [-0.25, -0.2) is 14.1 Å². The van der Waals surface area contributed by atoms with E-state index in [0.717, 1.165) is 30.5 Å². The molecule has 1 aliphatic carbocycles. The maximum Gasteiger partial charge on any atom is 0.573 e. The van der Waals surface area contributed by atoms with Crippen LogP contribution in [0.25, 0.3) is 5.52 Å². The van der Waals surface area contributed by atoms with Gasteiger partial charge in [0.2, 0.25) is 0 Å². The Hall–Kier alpha value is -3.76. The van der Waals surface area contributed by atoms with Crippen LogP contribution >= 0.6 is 0 Å². The van der Waals surface area contributed by atoms with Crippen LogP contribution in [0.4, 0.5) is 23.7 Å². The molecule has 11 heteroatoms. The Balaban J connectivity index is 1.48. The van der Waals surface area contributed by atoms with Gasteiger partial charge in [0.05, 0.1) is 11.7 Å². The maximum absolute atomic E-state index is 12.8. The molecule has 1 aliphatic rings. The fraction of sp³-hybridized carbons (Fsp3) is 0.250. The van der Waals surface area contributed by atoms with Crippen LogP contribution in [-0.2, 0) is 6.54 Å². The minimum Gasteiger partial charge on any atom is -0.478 e. The van der Waals surface area contributed by atoms with Crippen LogP contribution in [0.2, 0.25) is 0 Å². The largest absolute Gasteiger partial charge is 0.573 e. The number of pyridine rings is 1. The number of carbonyl (C=O) groups is 2. The first-order chi connectivity index (χ1) is 14.7. The molecule has 0 atom stereocenters. The highest BCUT2D eigenvalue weighted by Gasteiger charge is 2.33. The maximum atomic E-state index is 12.8. The van der Waals surface area contributed by atoms with Gasteiger partial charge in [-0.2, -0.15) is 5.10 Å². The number of ether oxygens (including phenoxy) is 1. The van der Waals surface area contributed by atoms with Crippen molar-refractivity contribution in [2.75, 3.05) is 5.32 Å². The van der Waals surface area contributed by atoms with Crippen LogP contribution in [0.15, 0.2) is 48.8 Å². The van der Waals surface area contributed by atoms with Crippen molar-refractivity contribution < 1.29 is 32.6 Å². The number of carboxylic acid groups (broad SMARTS) is 1. The number of anilines is 1. The highest BCUT2D eigenvalue weighted by atomic mass is 19.4. The molecule has 1 saturated carbocycles. The van der Waals surface area contributed by atoms with Gasteiger partial charge in [0.25, 0.3) is 0 Å². The molecule has 0 bridgehead atoms. The SMILES string of the molecule is O=C(O)c1cnn2ccc(CN(C(=O)Nc3ccc(OC(F)(F)F)cc3)C3CC3)cc12. The lowest BCUT2D eigenvalue weighted by molar-refractivity contribution is -0.274. The van der Waals surface area contributed by atoms with Crippen LogP contribution in [-0.4, -0.2) is 44.0 Å². The Morgan fingerprint density at radius 3 is 2.55 bits per heavy atom. The molecule has 3 aromatic rings. The first kappa shape index (κ1) is 20.5. The third kappa shape index (κ3) is 4.87. The zero-order valence-corrected chi connectivity index (χ0v) is 16.0. The van der Waals surface area contributed by atoms with Crippen molar-refractivity contribution in [2.24, 2.45) is 0 Å². The van der Waals surface area contributed by atoms with Crippen molar-refractivity contribution in [2.45, 2.75) is 31.8 Å². The number of carboxylic acids is 1. The van der Waals surface area contributed by atoms with Crippen molar-refractivity contribution in [3.8, 4) is 5.75 Å². The number of rotatable bonds is 6. The molecule has 1 fully saturated rings. The number of alkyl halides is 3. The van der Waals surface area contributed by atoms with Crippen LogP contribution in [0.3, 0.4) is 0 Å². The Kier molecular flexibility index (Phi) is 5.17. The Bertz CT molecular complexity index is 1120. The zero-order chi connectivity index (χ0) is 22.2. The first-order valence-electron chi connectivity index (χ1n) is 9.32. The van der Waals surface area contributed by atoms with Crippen molar-refractivity contribution in [3.05, 3.63) is 59.9 Å². The number of aromatic carboxylic acids is 1. The number of benzene rings is 1. The van der Waals surface area contributed by atoms with Gasteiger partial charge in [-0.15, -0.1) is 13.2 Å². The lowest BCUT2D eigenvalue weighted by Gasteiger charge is -2.23. The van der Waals surface area contributed by atoms with Gasteiger partial charge in [-0.3, -0.25) is 0 Å². The molecule has 0 spiro atoms. The average molecular weight is 434 g/mol. The number of carbonyl (C=O) groups excluding carboxylic acids is 1. The van der Waals surface area contributed by atoms with Gasteiger partial charge in [-0.1, -0.05) is 0 Å². The third-order valence-corrected chi connectivity index (χ3v) is 4.76. The summed E-state index contributed by atoms with van der Waals surface area (Å²) in [4.78, 5) is 25.7. The van der Waals surface area contributed by atoms with Gasteiger partial charge < -0.3 is 20.1 Å². The number of fused-ring (bicyclic) bond motifs is 1. The van der Waals surface area contributed by atoms with Crippen molar-refractivity contribution >= 4 is 23.2 Å². The number of nitrogens with one attached hydrogen (secondary N) is 1. The smallest absolute Gasteiger partial charge is 0.478 e. The predicted molar refractivity (Wildman–Crippen MR) is 103 cm³/mol. The van der Waals surface area contributed by atoms with E-state index in [9.17, 15) is 27.9 Å². The van der Waals surface area contributed by atoms with Gasteiger partial charge in [-0.05, 0) is 54.8 Å². The van der Waals surface area contributed by atoms with E-state index in [1.54, 1.807) is 23.2 Å². The van der Waals surface area contributed by atoms with Crippen molar-refractivity contribution in [3.63, 3.8) is 0 Å². The molecule has 2 amide bonds. The molecular formula is C20H17F3N4O4. The van der Waals surface area contributed by atoms with Gasteiger partial charge in [0, 0.05) is 24.5 Å². The second-order valence-electron chi connectivity index (χ2n) is 7.09. The minimum absolute atomic E-state index is 0.0351. The molecule has 8 nitrogen and oxygen atoms in total. The molecule has 0 radical (unpaired) electrons. The normalized spacial score (nSPS) is 13.8. The molecule has 1 aromatic carbocycles. The van der Waals surface area contributed by atoms with Gasteiger partial charge in [0.15, 0.2) is 0 Å². The quantitative estimate of drug-likeness (QED) is 0.608. The molecule has 31 heavy (non-hydrogen) atoms. The fourth-order valence-electron chi connectivity index (χ4n) is 3.17. The van der Waals surface area contributed by atoms with E-state index in [2.05, 4.69) is 15.2 Å². The van der Waals surface area contributed by atoms with Gasteiger partial charge >= 0.3 is 18.4 Å². The van der Waals surface area contributed by atoms with Crippen molar-refractivity contribution in [1.29, 1.82) is 0 Å². The average Bonchev–Trinajstić information content (AvgIpc) is 3.44. The molecule has 0 aliphatic heterocycles. The molecule has 2 heterocycles. The fourth-order valence-corrected chi connectivity index (χ4v) is 3.17. The second kappa shape index (κ2) is 7.82. The Morgan fingerprint density at radius 1 is 1.23 bits per heavy atom. The predicted octanol–water partition coefficient (Wildman–Crippen LogP) is 4.13. The van der Waals surface area contributed by atoms with Crippen LogP contribution in [0.5, 0.6) is 5.75 Å². The van der Waals surface area contributed by atoms with Crippen LogP contribution in [0, 0.1) is 0 Å². The minimum atomic E-state index is -4.79. The zero-order valence-electron chi connectivity index (χ0n) is 16.0. The Morgan fingerprint density at radius 2 is 1.94 bits per heavy atom. The third-order valence-electron chi connectivity index (χ3n) is 4.76. The van der Waals surface area contributed by atoms with E-state index in [1.807, 2.05) is 0 Å². The molecular weight excluding hydrogens is 417 g/mol. The lowest BCUT2D eigenvalue weighted by atomic mass is 10.2. The summed E-state index contributed by atoms with van der Waals surface area (Å²) in [5, 5.41) is 15.9. The number of urea groups is 1. The molecule has 0 saturated heterocycles.